The van der Waals surface area contributed by atoms with Gasteiger partial charge in [0.2, 0.25) is 0 Å². The first-order valence-electron chi connectivity index (χ1n) is 5.50. The highest BCUT2D eigenvalue weighted by molar-refractivity contribution is 7.98. The van der Waals surface area contributed by atoms with Gasteiger partial charge in [0.05, 0.1) is 0 Å². The van der Waals surface area contributed by atoms with Crippen molar-refractivity contribution in [2.24, 2.45) is 5.92 Å². The number of benzene rings is 1. The van der Waals surface area contributed by atoms with Crippen LogP contribution in [0.5, 0.6) is 0 Å². The molecule has 0 radical (unpaired) electrons. The zero-order chi connectivity index (χ0) is 11.1. The van der Waals surface area contributed by atoms with Crippen molar-refractivity contribution in [2.45, 2.75) is 19.4 Å². The van der Waals surface area contributed by atoms with Gasteiger partial charge in [0.15, 0.2) is 0 Å². The third kappa shape index (κ3) is 3.88. The first-order chi connectivity index (χ1) is 7.29. The number of hydrogen-bond donors (Lipinski definition) is 1. The lowest BCUT2D eigenvalue weighted by molar-refractivity contribution is 0.403. The molecule has 1 aromatic rings. The molecule has 1 rings (SSSR count). The molecule has 0 bridgehead atoms. The first-order valence-corrected chi connectivity index (χ1v) is 6.90. The monoisotopic (exact) mass is 223 g/mol. The molecule has 0 aliphatic heterocycles. The van der Waals surface area contributed by atoms with Crippen LogP contribution in [-0.2, 0) is 0 Å². The Balaban J connectivity index is 2.63. The largest absolute Gasteiger partial charge is 0.313 e. The standard InChI is InChI=1S/C13H21NS/c1-11(9-10-15-3)13(14-2)12-7-5-4-6-8-12/h4-8,11,13-14H,9-10H2,1-3H3. The van der Waals surface area contributed by atoms with Gasteiger partial charge in [-0.25, -0.2) is 0 Å². The third-order valence-corrected chi connectivity index (χ3v) is 3.46. The van der Waals surface area contributed by atoms with Gasteiger partial charge in [0.25, 0.3) is 0 Å². The van der Waals surface area contributed by atoms with Crippen molar-refractivity contribution in [3.63, 3.8) is 0 Å². The molecule has 0 heterocycles. The number of thioether (sulfide) groups is 1. The first kappa shape index (κ1) is 12.6. The zero-order valence-corrected chi connectivity index (χ0v) is 10.7. The van der Waals surface area contributed by atoms with Crippen molar-refractivity contribution >= 4 is 11.8 Å². The minimum atomic E-state index is 0.485. The Morgan fingerprint density at radius 2 is 1.93 bits per heavy atom. The molecule has 1 nitrogen and oxygen atoms in total. The van der Waals surface area contributed by atoms with Gasteiger partial charge >= 0.3 is 0 Å². The van der Waals surface area contributed by atoms with E-state index in [9.17, 15) is 0 Å². The second kappa shape index (κ2) is 6.91. The maximum Gasteiger partial charge on any atom is 0.0343 e. The van der Waals surface area contributed by atoms with E-state index in [4.69, 9.17) is 0 Å². The van der Waals surface area contributed by atoms with Crippen LogP contribution in [0.2, 0.25) is 0 Å². The Labute approximate surface area is 97.7 Å². The molecule has 1 aromatic carbocycles. The molecule has 0 aliphatic carbocycles. The predicted octanol–water partition coefficient (Wildman–Crippen LogP) is 3.34. The normalized spacial score (nSPS) is 14.9. The van der Waals surface area contributed by atoms with Crippen molar-refractivity contribution in [3.05, 3.63) is 35.9 Å². The van der Waals surface area contributed by atoms with Gasteiger partial charge in [-0.3, -0.25) is 0 Å². The van der Waals surface area contributed by atoms with Crippen molar-refractivity contribution < 1.29 is 0 Å². The van der Waals surface area contributed by atoms with Crippen LogP contribution >= 0.6 is 11.8 Å². The highest BCUT2D eigenvalue weighted by atomic mass is 32.2. The summed E-state index contributed by atoms with van der Waals surface area (Å²) in [6, 6.07) is 11.2. The predicted molar refractivity (Wildman–Crippen MR) is 70.4 cm³/mol. The summed E-state index contributed by atoms with van der Waals surface area (Å²) in [5.41, 5.74) is 1.40. The van der Waals surface area contributed by atoms with E-state index in [-0.39, 0.29) is 0 Å². The minimum absolute atomic E-state index is 0.485. The molecule has 2 unspecified atom stereocenters. The average Bonchev–Trinajstić information content (AvgIpc) is 2.29. The van der Waals surface area contributed by atoms with Crippen molar-refractivity contribution in [2.75, 3.05) is 19.1 Å². The molecule has 15 heavy (non-hydrogen) atoms. The highest BCUT2D eigenvalue weighted by Crippen LogP contribution is 2.24. The fourth-order valence-electron chi connectivity index (χ4n) is 1.91. The van der Waals surface area contributed by atoms with E-state index in [1.54, 1.807) is 0 Å². The van der Waals surface area contributed by atoms with E-state index in [2.05, 4.69) is 48.8 Å². The summed E-state index contributed by atoms with van der Waals surface area (Å²) in [6.45, 7) is 2.32. The number of rotatable bonds is 6. The Bertz CT molecular complexity index is 260. The van der Waals surface area contributed by atoms with Gasteiger partial charge in [0.1, 0.15) is 0 Å². The molecule has 0 spiro atoms. The molecule has 2 heteroatoms. The summed E-state index contributed by atoms with van der Waals surface area (Å²) < 4.78 is 0. The topological polar surface area (TPSA) is 12.0 Å². The van der Waals surface area contributed by atoms with E-state index >= 15 is 0 Å². The van der Waals surface area contributed by atoms with E-state index in [0.29, 0.717) is 12.0 Å². The van der Waals surface area contributed by atoms with E-state index in [1.165, 1.54) is 17.7 Å². The maximum absolute atomic E-state index is 3.42. The summed E-state index contributed by atoms with van der Waals surface area (Å²) in [4.78, 5) is 0. The molecule has 84 valence electrons. The van der Waals surface area contributed by atoms with Crippen LogP contribution in [0.1, 0.15) is 24.9 Å². The van der Waals surface area contributed by atoms with Crippen LogP contribution in [0.15, 0.2) is 30.3 Å². The lowest BCUT2D eigenvalue weighted by Crippen LogP contribution is -2.23. The lowest BCUT2D eigenvalue weighted by atomic mass is 9.93. The highest BCUT2D eigenvalue weighted by Gasteiger charge is 2.16. The average molecular weight is 223 g/mol. The molecular formula is C13H21NS. The van der Waals surface area contributed by atoms with Gasteiger partial charge in [-0.05, 0) is 37.0 Å². The van der Waals surface area contributed by atoms with Gasteiger partial charge in [0, 0.05) is 6.04 Å². The Kier molecular flexibility index (Phi) is 5.81. The van der Waals surface area contributed by atoms with Crippen LogP contribution in [0.25, 0.3) is 0 Å². The Morgan fingerprint density at radius 1 is 1.27 bits per heavy atom. The van der Waals surface area contributed by atoms with E-state index < -0.39 is 0 Å². The van der Waals surface area contributed by atoms with Gasteiger partial charge in [-0.2, -0.15) is 11.8 Å². The van der Waals surface area contributed by atoms with Crippen LogP contribution in [0.3, 0.4) is 0 Å². The summed E-state index contributed by atoms with van der Waals surface area (Å²) >= 11 is 1.93. The molecule has 0 fully saturated rings. The summed E-state index contributed by atoms with van der Waals surface area (Å²) in [5.74, 6) is 1.93. The molecular weight excluding hydrogens is 202 g/mol. The zero-order valence-electron chi connectivity index (χ0n) is 9.86. The summed E-state index contributed by atoms with van der Waals surface area (Å²) in [7, 11) is 2.05. The number of hydrogen-bond acceptors (Lipinski definition) is 2. The van der Waals surface area contributed by atoms with Crippen molar-refractivity contribution in [1.29, 1.82) is 0 Å². The van der Waals surface area contributed by atoms with Crippen LogP contribution < -0.4 is 5.32 Å². The lowest BCUT2D eigenvalue weighted by Gasteiger charge is -2.23. The molecule has 0 amide bonds. The minimum Gasteiger partial charge on any atom is -0.313 e. The van der Waals surface area contributed by atoms with Crippen molar-refractivity contribution in [3.8, 4) is 0 Å². The fraction of sp³-hybridized carbons (Fsp3) is 0.538. The second-order valence-electron chi connectivity index (χ2n) is 3.94. The molecule has 0 aromatic heterocycles. The molecule has 2 atom stereocenters. The fourth-order valence-corrected chi connectivity index (χ4v) is 2.52. The third-order valence-electron chi connectivity index (χ3n) is 2.82. The second-order valence-corrected chi connectivity index (χ2v) is 4.92. The molecule has 0 saturated heterocycles. The SMILES string of the molecule is CNC(c1ccccc1)C(C)CCSC. The van der Waals surface area contributed by atoms with E-state index in [1.807, 2.05) is 18.8 Å². The summed E-state index contributed by atoms with van der Waals surface area (Å²) in [5, 5.41) is 3.42. The molecule has 0 saturated carbocycles. The van der Waals surface area contributed by atoms with Crippen LogP contribution in [0, 0.1) is 5.92 Å². The quantitative estimate of drug-likeness (QED) is 0.794. The Hall–Kier alpha value is -0.470. The van der Waals surface area contributed by atoms with Gasteiger partial charge < -0.3 is 5.32 Å². The van der Waals surface area contributed by atoms with Crippen LogP contribution in [-0.4, -0.2) is 19.1 Å². The molecule has 1 N–H and O–H groups in total. The smallest absolute Gasteiger partial charge is 0.0343 e. The van der Waals surface area contributed by atoms with Crippen molar-refractivity contribution in [1.82, 2.24) is 5.32 Å². The van der Waals surface area contributed by atoms with E-state index in [0.717, 1.165) is 0 Å². The van der Waals surface area contributed by atoms with Gasteiger partial charge in [-0.1, -0.05) is 37.3 Å². The maximum atomic E-state index is 3.42. The Morgan fingerprint density at radius 3 is 2.47 bits per heavy atom. The van der Waals surface area contributed by atoms with Crippen LogP contribution in [0.4, 0.5) is 0 Å². The summed E-state index contributed by atoms with van der Waals surface area (Å²) in [6.07, 6.45) is 3.44. The number of nitrogens with one attached hydrogen (secondary N) is 1. The van der Waals surface area contributed by atoms with Gasteiger partial charge in [-0.15, -0.1) is 0 Å². The molecule has 0 aliphatic rings.